The SMILES string of the molecule is Cc1[nH]c(NC(=O)c2cc(CCC(=O)C(C)C)ccc2C(F)F)nc1-c1ccc(C(F)F)nc1. The summed E-state index contributed by atoms with van der Waals surface area (Å²) in [7, 11) is 0. The molecule has 0 unspecified atom stereocenters. The van der Waals surface area contributed by atoms with Crippen molar-refractivity contribution in [1.82, 2.24) is 15.0 Å². The molecule has 1 amide bonds. The molecule has 2 aromatic heterocycles. The van der Waals surface area contributed by atoms with E-state index in [1.165, 1.54) is 36.5 Å². The van der Waals surface area contributed by atoms with Crippen molar-refractivity contribution in [3.8, 4) is 11.3 Å². The number of aromatic nitrogens is 3. The Hall–Kier alpha value is -3.56. The average molecular weight is 476 g/mol. The molecule has 3 aromatic rings. The molecule has 3 rings (SSSR count). The van der Waals surface area contributed by atoms with Crippen LogP contribution in [0, 0.1) is 12.8 Å². The molecule has 0 aliphatic carbocycles. The maximum atomic E-state index is 13.5. The number of H-pyrrole nitrogens is 1. The van der Waals surface area contributed by atoms with E-state index in [0.717, 1.165) is 0 Å². The summed E-state index contributed by atoms with van der Waals surface area (Å²) < 4.78 is 52.5. The number of benzene rings is 1. The van der Waals surface area contributed by atoms with Crippen LogP contribution in [0.3, 0.4) is 0 Å². The average Bonchev–Trinajstić information content (AvgIpc) is 3.16. The number of nitrogens with one attached hydrogen (secondary N) is 2. The second-order valence-electron chi connectivity index (χ2n) is 8.13. The van der Waals surface area contributed by atoms with Crippen LogP contribution in [-0.2, 0) is 11.2 Å². The van der Waals surface area contributed by atoms with E-state index in [0.29, 0.717) is 28.9 Å². The van der Waals surface area contributed by atoms with Crippen molar-refractivity contribution in [3.63, 3.8) is 0 Å². The lowest BCUT2D eigenvalue weighted by atomic mass is 9.97. The minimum Gasteiger partial charge on any atom is -0.328 e. The topological polar surface area (TPSA) is 87.7 Å². The first-order valence-corrected chi connectivity index (χ1v) is 10.6. The number of anilines is 1. The fourth-order valence-electron chi connectivity index (χ4n) is 3.35. The second kappa shape index (κ2) is 10.6. The van der Waals surface area contributed by atoms with Gasteiger partial charge < -0.3 is 4.98 Å². The third kappa shape index (κ3) is 5.86. The highest BCUT2D eigenvalue weighted by molar-refractivity contribution is 6.04. The van der Waals surface area contributed by atoms with E-state index in [1.54, 1.807) is 20.8 Å². The Morgan fingerprint density at radius 2 is 1.79 bits per heavy atom. The van der Waals surface area contributed by atoms with Crippen LogP contribution in [0.2, 0.25) is 0 Å². The number of alkyl halides is 4. The van der Waals surface area contributed by atoms with Crippen LogP contribution in [0.5, 0.6) is 0 Å². The zero-order chi connectivity index (χ0) is 25.0. The molecule has 0 saturated heterocycles. The van der Waals surface area contributed by atoms with Gasteiger partial charge in [0.2, 0.25) is 5.95 Å². The number of amides is 1. The van der Waals surface area contributed by atoms with Gasteiger partial charge in [-0.3, -0.25) is 19.9 Å². The number of hydrogen-bond donors (Lipinski definition) is 2. The van der Waals surface area contributed by atoms with Gasteiger partial charge in [0.05, 0.1) is 5.69 Å². The molecule has 2 N–H and O–H groups in total. The van der Waals surface area contributed by atoms with E-state index in [2.05, 4.69) is 20.3 Å². The highest BCUT2D eigenvalue weighted by atomic mass is 19.3. The molecule has 1 aromatic carbocycles. The number of carbonyl (C=O) groups is 2. The molecule has 0 aliphatic rings. The molecule has 10 heteroatoms. The summed E-state index contributed by atoms with van der Waals surface area (Å²) in [6.07, 6.45) is -3.77. The molecule has 2 heterocycles. The first-order chi connectivity index (χ1) is 16.1. The molecule has 0 fully saturated rings. The summed E-state index contributed by atoms with van der Waals surface area (Å²) in [6, 6.07) is 6.63. The van der Waals surface area contributed by atoms with Crippen LogP contribution in [0.15, 0.2) is 36.5 Å². The van der Waals surface area contributed by atoms with Crippen molar-refractivity contribution < 1.29 is 27.2 Å². The molecule has 0 radical (unpaired) electrons. The fourth-order valence-corrected chi connectivity index (χ4v) is 3.35. The van der Waals surface area contributed by atoms with E-state index < -0.39 is 24.3 Å². The van der Waals surface area contributed by atoms with Crippen molar-refractivity contribution in [3.05, 3.63) is 64.6 Å². The van der Waals surface area contributed by atoms with Crippen molar-refractivity contribution in [1.29, 1.82) is 0 Å². The summed E-state index contributed by atoms with van der Waals surface area (Å²) in [6.45, 7) is 5.23. The van der Waals surface area contributed by atoms with Crippen LogP contribution < -0.4 is 5.32 Å². The van der Waals surface area contributed by atoms with Crippen LogP contribution in [-0.4, -0.2) is 26.6 Å². The number of rotatable bonds is 9. The number of aryl methyl sites for hydroxylation is 2. The van der Waals surface area contributed by atoms with Crippen molar-refractivity contribution in [2.24, 2.45) is 5.92 Å². The van der Waals surface area contributed by atoms with Crippen LogP contribution >= 0.6 is 0 Å². The molecule has 34 heavy (non-hydrogen) atoms. The van der Waals surface area contributed by atoms with Crippen molar-refractivity contribution in [2.75, 3.05) is 5.32 Å². The Labute approximate surface area is 193 Å². The predicted molar refractivity (Wildman–Crippen MR) is 119 cm³/mol. The lowest BCUT2D eigenvalue weighted by molar-refractivity contribution is -0.121. The van der Waals surface area contributed by atoms with Crippen LogP contribution in [0.25, 0.3) is 11.3 Å². The van der Waals surface area contributed by atoms with E-state index >= 15 is 0 Å². The Kier molecular flexibility index (Phi) is 7.80. The first kappa shape index (κ1) is 25.1. The number of halogens is 4. The Bertz CT molecular complexity index is 1170. The molecule has 0 aliphatic heterocycles. The number of Topliss-reactive ketones (excluding diaryl/α,β-unsaturated/α-hetero) is 1. The van der Waals surface area contributed by atoms with Gasteiger partial charge in [-0.25, -0.2) is 22.5 Å². The molecular formula is C24H24F4N4O2. The molecule has 0 bridgehead atoms. The van der Waals surface area contributed by atoms with Gasteiger partial charge in [-0.15, -0.1) is 0 Å². The maximum absolute atomic E-state index is 13.5. The standard InChI is InChI=1S/C24H24F4N4O2/c1-12(2)19(33)9-5-14-4-7-16(21(25)26)17(10-14)23(34)32-24-30-13(3)20(31-24)15-6-8-18(22(27)28)29-11-15/h4,6-8,10-12,21-22H,5,9H2,1-3H3,(H2,30,31,32,34). The van der Waals surface area contributed by atoms with Crippen LogP contribution in [0.1, 0.15) is 66.0 Å². The molecule has 0 spiro atoms. The van der Waals surface area contributed by atoms with Crippen molar-refractivity contribution >= 4 is 17.6 Å². The third-order valence-electron chi connectivity index (χ3n) is 5.30. The molecule has 0 atom stereocenters. The maximum Gasteiger partial charge on any atom is 0.280 e. The van der Waals surface area contributed by atoms with Gasteiger partial charge in [-0.2, -0.15) is 0 Å². The van der Waals surface area contributed by atoms with Gasteiger partial charge in [0, 0.05) is 40.9 Å². The van der Waals surface area contributed by atoms with Gasteiger partial charge in [0.25, 0.3) is 18.8 Å². The summed E-state index contributed by atoms with van der Waals surface area (Å²) in [5.41, 5.74) is 0.902. The third-order valence-corrected chi connectivity index (χ3v) is 5.30. The first-order valence-electron chi connectivity index (χ1n) is 10.6. The lowest BCUT2D eigenvalue weighted by Crippen LogP contribution is -2.16. The quantitative estimate of drug-likeness (QED) is 0.367. The van der Waals surface area contributed by atoms with E-state index in [4.69, 9.17) is 0 Å². The predicted octanol–water partition coefficient (Wildman–Crippen LogP) is 6.07. The highest BCUT2D eigenvalue weighted by Crippen LogP contribution is 2.27. The Morgan fingerprint density at radius 1 is 1.06 bits per heavy atom. The van der Waals surface area contributed by atoms with E-state index in [9.17, 15) is 27.2 Å². The molecule has 6 nitrogen and oxygen atoms in total. The summed E-state index contributed by atoms with van der Waals surface area (Å²) in [5, 5.41) is 2.48. The van der Waals surface area contributed by atoms with Crippen molar-refractivity contribution in [2.45, 2.75) is 46.5 Å². The number of carbonyl (C=O) groups excluding carboxylic acids is 2. The van der Waals surface area contributed by atoms with E-state index in [-0.39, 0.29) is 35.3 Å². The molecular weight excluding hydrogens is 452 g/mol. The fraction of sp³-hybridized carbons (Fsp3) is 0.333. The number of hydrogen-bond acceptors (Lipinski definition) is 4. The Balaban J connectivity index is 1.82. The normalized spacial score (nSPS) is 11.5. The number of pyridine rings is 1. The summed E-state index contributed by atoms with van der Waals surface area (Å²) in [5.74, 6) is -0.880. The molecule has 0 saturated carbocycles. The van der Waals surface area contributed by atoms with Gasteiger partial charge in [0.15, 0.2) is 0 Å². The van der Waals surface area contributed by atoms with Gasteiger partial charge in [0.1, 0.15) is 11.5 Å². The number of imidazole rings is 1. The zero-order valence-corrected chi connectivity index (χ0v) is 18.8. The smallest absolute Gasteiger partial charge is 0.280 e. The summed E-state index contributed by atoms with van der Waals surface area (Å²) in [4.78, 5) is 35.5. The van der Waals surface area contributed by atoms with Crippen LogP contribution in [0.4, 0.5) is 23.5 Å². The van der Waals surface area contributed by atoms with E-state index in [1.807, 2.05) is 0 Å². The molecule has 180 valence electrons. The highest BCUT2D eigenvalue weighted by Gasteiger charge is 2.21. The van der Waals surface area contributed by atoms with Gasteiger partial charge in [-0.05, 0) is 37.1 Å². The van der Waals surface area contributed by atoms with Gasteiger partial charge >= 0.3 is 0 Å². The minimum absolute atomic E-state index is 0.0102. The second-order valence-corrected chi connectivity index (χ2v) is 8.13. The number of ketones is 1. The minimum atomic E-state index is -2.87. The largest absolute Gasteiger partial charge is 0.328 e. The van der Waals surface area contributed by atoms with Gasteiger partial charge in [-0.1, -0.05) is 26.0 Å². The Morgan fingerprint density at radius 3 is 2.38 bits per heavy atom. The lowest BCUT2D eigenvalue weighted by Gasteiger charge is -2.11. The summed E-state index contributed by atoms with van der Waals surface area (Å²) >= 11 is 0. The zero-order valence-electron chi connectivity index (χ0n) is 18.8. The number of aromatic amines is 1. The monoisotopic (exact) mass is 476 g/mol. The number of nitrogens with zero attached hydrogens (tertiary/aromatic N) is 2.